The molecule has 180 valence electrons. The van der Waals surface area contributed by atoms with Gasteiger partial charge in [0.25, 0.3) is 0 Å². The van der Waals surface area contributed by atoms with E-state index in [0.717, 1.165) is 103 Å². The Kier molecular flexibility index (Phi) is 9.51. The second kappa shape index (κ2) is 12.3. The molecule has 0 aromatic heterocycles. The number of hydrogen-bond acceptors (Lipinski definition) is 5. The van der Waals surface area contributed by atoms with Crippen LogP contribution >= 0.6 is 0 Å². The second-order valence-electron chi connectivity index (χ2n) is 10.5. The Morgan fingerprint density at radius 3 is 0.613 bits per heavy atom. The van der Waals surface area contributed by atoms with Gasteiger partial charge < -0.3 is 23.7 Å². The minimum atomic E-state index is 0.441. The molecular weight excluding hydrogens is 392 g/mol. The molecule has 0 N–H and O–H groups in total. The van der Waals surface area contributed by atoms with Crippen LogP contribution < -0.4 is 0 Å². The van der Waals surface area contributed by atoms with E-state index in [1.54, 1.807) is 0 Å². The molecule has 5 nitrogen and oxygen atoms in total. The zero-order chi connectivity index (χ0) is 21.5. The van der Waals surface area contributed by atoms with Crippen molar-refractivity contribution in [2.45, 2.75) is 152 Å². The van der Waals surface area contributed by atoms with Crippen LogP contribution in [0.2, 0.25) is 0 Å². The van der Waals surface area contributed by atoms with E-state index in [-0.39, 0.29) is 0 Å². The summed E-state index contributed by atoms with van der Waals surface area (Å²) < 4.78 is 30.3. The molecule has 0 aromatic carbocycles. The molecule has 0 heterocycles. The Balaban J connectivity index is 1.07. The Morgan fingerprint density at radius 1 is 0.290 bits per heavy atom. The maximum atomic E-state index is 6.52. The Morgan fingerprint density at radius 2 is 0.452 bits per heavy atom. The van der Waals surface area contributed by atoms with Crippen LogP contribution in [0.15, 0.2) is 0 Å². The number of ether oxygens (including phenoxy) is 5. The van der Waals surface area contributed by atoms with Gasteiger partial charge in [0, 0.05) is 14.2 Å². The lowest BCUT2D eigenvalue weighted by atomic mass is 9.90. The Hall–Kier alpha value is -0.200. The van der Waals surface area contributed by atoms with Crippen molar-refractivity contribution < 1.29 is 23.7 Å². The topological polar surface area (TPSA) is 46.2 Å². The largest absolute Gasteiger partial charge is 0.381 e. The van der Waals surface area contributed by atoms with Crippen LogP contribution in [0.25, 0.3) is 0 Å². The normalized spacial score (nSPS) is 42.4. The highest BCUT2D eigenvalue weighted by Gasteiger charge is 2.31. The molecule has 0 amide bonds. The highest BCUT2D eigenvalue weighted by atomic mass is 16.5. The van der Waals surface area contributed by atoms with E-state index in [4.69, 9.17) is 23.7 Å². The molecule has 0 bridgehead atoms. The quantitative estimate of drug-likeness (QED) is 0.495. The molecule has 4 aliphatic rings. The van der Waals surface area contributed by atoms with Crippen molar-refractivity contribution in [1.29, 1.82) is 0 Å². The molecule has 0 aliphatic heterocycles. The average Bonchev–Trinajstić information content (AvgIpc) is 2.82. The summed E-state index contributed by atoms with van der Waals surface area (Å²) in [5.74, 6) is 0. The van der Waals surface area contributed by atoms with E-state index >= 15 is 0 Å². The summed E-state index contributed by atoms with van der Waals surface area (Å²) in [7, 11) is 3.67. The number of rotatable bonds is 8. The summed E-state index contributed by atoms with van der Waals surface area (Å²) >= 11 is 0. The molecule has 5 heteroatoms. The zero-order valence-corrected chi connectivity index (χ0v) is 20.0. The second-order valence-corrected chi connectivity index (χ2v) is 10.5. The molecule has 4 fully saturated rings. The van der Waals surface area contributed by atoms with E-state index < -0.39 is 0 Å². The van der Waals surface area contributed by atoms with E-state index in [2.05, 4.69) is 0 Å². The van der Waals surface area contributed by atoms with Gasteiger partial charge in [0.2, 0.25) is 0 Å². The maximum absolute atomic E-state index is 6.52. The molecule has 0 aromatic rings. The highest BCUT2D eigenvalue weighted by Crippen LogP contribution is 2.33. The van der Waals surface area contributed by atoms with Crippen molar-refractivity contribution in [2.24, 2.45) is 0 Å². The standard InChI is InChI=1S/C26H46O5/c1-27-19-3-7-21(8-4-19)29-23-11-15-25(16-12-23)31-26-17-13-24(14-18-26)30-22-9-5-20(28-2)6-10-22/h19-26H,3-18H2,1-2H3. The van der Waals surface area contributed by atoms with Crippen LogP contribution in [-0.2, 0) is 23.7 Å². The summed E-state index contributed by atoms with van der Waals surface area (Å²) in [5.41, 5.74) is 0. The fourth-order valence-corrected chi connectivity index (χ4v) is 6.23. The summed E-state index contributed by atoms with van der Waals surface area (Å²) in [4.78, 5) is 0. The first kappa shape index (κ1) is 23.9. The van der Waals surface area contributed by atoms with Crippen molar-refractivity contribution in [3.63, 3.8) is 0 Å². The van der Waals surface area contributed by atoms with Crippen LogP contribution in [0, 0.1) is 0 Å². The first-order valence-corrected chi connectivity index (χ1v) is 13.2. The molecule has 0 spiro atoms. The third-order valence-electron chi connectivity index (χ3n) is 8.31. The summed E-state index contributed by atoms with van der Waals surface area (Å²) in [5, 5.41) is 0. The molecule has 4 rings (SSSR count). The van der Waals surface area contributed by atoms with Crippen molar-refractivity contribution in [3.05, 3.63) is 0 Å². The minimum Gasteiger partial charge on any atom is -0.381 e. The van der Waals surface area contributed by atoms with Crippen molar-refractivity contribution in [3.8, 4) is 0 Å². The molecule has 0 radical (unpaired) electrons. The van der Waals surface area contributed by atoms with Gasteiger partial charge in [-0.15, -0.1) is 0 Å². The maximum Gasteiger partial charge on any atom is 0.0580 e. The highest BCUT2D eigenvalue weighted by molar-refractivity contribution is 4.81. The van der Waals surface area contributed by atoms with Crippen LogP contribution in [0.4, 0.5) is 0 Å². The van der Waals surface area contributed by atoms with Crippen molar-refractivity contribution in [2.75, 3.05) is 14.2 Å². The van der Waals surface area contributed by atoms with E-state index in [9.17, 15) is 0 Å². The third kappa shape index (κ3) is 7.40. The zero-order valence-electron chi connectivity index (χ0n) is 20.0. The van der Waals surface area contributed by atoms with Gasteiger partial charge in [0.05, 0.1) is 48.8 Å². The summed E-state index contributed by atoms with van der Waals surface area (Å²) in [6, 6.07) is 0. The Bertz CT molecular complexity index is 438. The first-order chi connectivity index (χ1) is 15.2. The van der Waals surface area contributed by atoms with Crippen LogP contribution in [0.5, 0.6) is 0 Å². The molecular formula is C26H46O5. The lowest BCUT2D eigenvalue weighted by molar-refractivity contribution is -0.115. The van der Waals surface area contributed by atoms with Gasteiger partial charge in [0.1, 0.15) is 0 Å². The molecule has 4 aliphatic carbocycles. The van der Waals surface area contributed by atoms with Crippen LogP contribution in [0.3, 0.4) is 0 Å². The molecule has 0 unspecified atom stereocenters. The van der Waals surface area contributed by atoms with Gasteiger partial charge in [-0.25, -0.2) is 0 Å². The van der Waals surface area contributed by atoms with Crippen molar-refractivity contribution >= 4 is 0 Å². The summed E-state index contributed by atoms with van der Waals surface area (Å²) in [6.45, 7) is 0. The Labute approximate surface area is 189 Å². The third-order valence-corrected chi connectivity index (χ3v) is 8.31. The SMILES string of the molecule is COC1CCC(OC2CCC(OC3CCC(OC4CCC(OC)CC4)CC3)CC2)CC1. The van der Waals surface area contributed by atoms with Gasteiger partial charge in [0.15, 0.2) is 0 Å². The van der Waals surface area contributed by atoms with E-state index in [0.29, 0.717) is 48.8 Å². The summed E-state index contributed by atoms with van der Waals surface area (Å²) in [6.07, 6.45) is 22.2. The van der Waals surface area contributed by atoms with Crippen molar-refractivity contribution in [1.82, 2.24) is 0 Å². The van der Waals surface area contributed by atoms with Crippen LogP contribution in [-0.4, -0.2) is 63.1 Å². The van der Waals surface area contributed by atoms with Gasteiger partial charge in [-0.3, -0.25) is 0 Å². The van der Waals surface area contributed by atoms with E-state index in [1.165, 1.54) is 0 Å². The molecule has 0 atom stereocenters. The molecule has 31 heavy (non-hydrogen) atoms. The fraction of sp³-hybridized carbons (Fsp3) is 1.00. The predicted octanol–water partition coefficient (Wildman–Crippen LogP) is 5.57. The number of hydrogen-bond donors (Lipinski definition) is 0. The van der Waals surface area contributed by atoms with Gasteiger partial charge in [-0.2, -0.15) is 0 Å². The lowest BCUT2D eigenvalue weighted by Crippen LogP contribution is -2.36. The molecule has 4 saturated carbocycles. The number of methoxy groups -OCH3 is 2. The minimum absolute atomic E-state index is 0.441. The predicted molar refractivity (Wildman–Crippen MR) is 121 cm³/mol. The van der Waals surface area contributed by atoms with Gasteiger partial charge in [-0.05, 0) is 103 Å². The fourth-order valence-electron chi connectivity index (χ4n) is 6.23. The monoisotopic (exact) mass is 438 g/mol. The lowest BCUT2D eigenvalue weighted by Gasteiger charge is -2.37. The average molecular weight is 439 g/mol. The smallest absolute Gasteiger partial charge is 0.0580 e. The van der Waals surface area contributed by atoms with Crippen LogP contribution in [0.1, 0.15) is 103 Å². The van der Waals surface area contributed by atoms with E-state index in [1.807, 2.05) is 14.2 Å². The van der Waals surface area contributed by atoms with Gasteiger partial charge in [-0.1, -0.05) is 0 Å². The first-order valence-electron chi connectivity index (χ1n) is 13.2. The molecule has 0 saturated heterocycles. The van der Waals surface area contributed by atoms with Gasteiger partial charge >= 0.3 is 0 Å².